The molecular weight excluding hydrogens is 769 g/mol. The fourth-order valence-electron chi connectivity index (χ4n) is 3.79. The molecule has 44 heavy (non-hydrogen) atoms. The number of nitrogens with two attached hydrogens (primary N) is 1. The number of rotatable bonds is 2. The van der Waals surface area contributed by atoms with Crippen molar-refractivity contribution in [2.45, 2.75) is 6.92 Å². The number of alkyl halides is 1. The van der Waals surface area contributed by atoms with Gasteiger partial charge in [0.2, 0.25) is 0 Å². The van der Waals surface area contributed by atoms with Crippen LogP contribution in [-0.4, -0.2) is 49.0 Å². The summed E-state index contributed by atoms with van der Waals surface area (Å²) in [5, 5.41) is 31.6. The van der Waals surface area contributed by atoms with E-state index in [1.165, 1.54) is 29.1 Å². The first-order valence-corrected chi connectivity index (χ1v) is 14.5. The number of nitrogens with one attached hydrogen (secondary N) is 1. The maximum Gasteiger partial charge on any atom is 0.271 e. The number of aliphatic hydroxyl groups is 1. The third kappa shape index (κ3) is 11.8. The van der Waals surface area contributed by atoms with Crippen LogP contribution in [0, 0.1) is 27.7 Å². The second-order valence-corrected chi connectivity index (χ2v) is 8.49. The number of fused-ring (bicyclic) bond motifs is 3. The summed E-state index contributed by atoms with van der Waals surface area (Å²) >= 11 is 2.15. The van der Waals surface area contributed by atoms with Crippen molar-refractivity contribution < 1.29 is 35.4 Å². The minimum Gasteiger partial charge on any atom is -0.399 e. The molecule has 0 spiro atoms. The van der Waals surface area contributed by atoms with E-state index in [1.807, 2.05) is 66.3 Å². The molecular formula is C30H40BIN6O5Pd-2. The fraction of sp³-hybridized carbons (Fsp3) is 0.167. The largest absolute Gasteiger partial charge is 0.399 e. The van der Waals surface area contributed by atoms with Crippen LogP contribution in [0.3, 0.4) is 0 Å². The Morgan fingerprint density at radius 3 is 1.73 bits per heavy atom. The first-order chi connectivity index (χ1) is 19.6. The predicted octanol–water partition coefficient (Wildman–Crippen LogP) is 5.97. The molecule has 0 fully saturated rings. The summed E-state index contributed by atoms with van der Waals surface area (Å²) in [5.41, 5.74) is 9.57. The van der Waals surface area contributed by atoms with E-state index in [-0.39, 0.29) is 59.2 Å². The molecule has 0 saturated carbocycles. The quantitative estimate of drug-likeness (QED) is 0.0372. The summed E-state index contributed by atoms with van der Waals surface area (Å²) in [5.74, 6) is 0. The van der Waals surface area contributed by atoms with Crippen LogP contribution in [0.25, 0.3) is 32.7 Å². The average Bonchev–Trinajstić information content (AvgIpc) is 3.69. The van der Waals surface area contributed by atoms with Crippen LogP contribution in [0.2, 0.25) is 0 Å². The number of nitrogens with zero attached hydrogens (tertiary/aromatic N) is 4. The van der Waals surface area contributed by atoms with Crippen LogP contribution in [0.5, 0.6) is 0 Å². The number of nitro benzene ring substituents is 2. The standard InChI is InChI=1S/C9H8N2O2.C9H10N2.C8H6N2O2.C2H6O.CH3I.CH3.BH4.Pd/c1-10-5-4-7-2-3-8(11(12)13)6-9(7)10;1-11-5-4-7-2-3-8(10)6-9(7)11;11-10(12)7-2-1-6-3-4-9-8(6)5-7;1-2-3;1-2;;;/h2-6H,1H3;2-6H,10H2,1H3;1-5,9H;3H,2H2,1H3;1H3;1H3;1H4;/q;;;;;2*-1;. The number of non-ortho nitro benzene ring substituents is 2. The van der Waals surface area contributed by atoms with E-state index in [1.54, 1.807) is 31.3 Å². The monoisotopic (exact) mass is 808 g/mol. The molecule has 0 saturated heterocycles. The third-order valence-corrected chi connectivity index (χ3v) is 5.74. The molecule has 0 aliphatic rings. The summed E-state index contributed by atoms with van der Waals surface area (Å²) < 4.78 is 3.92. The van der Waals surface area contributed by atoms with Crippen molar-refractivity contribution in [3.63, 3.8) is 0 Å². The second-order valence-electron chi connectivity index (χ2n) is 8.49. The minimum atomic E-state index is -0.402. The zero-order valence-electron chi connectivity index (χ0n) is 24.5. The molecule has 11 nitrogen and oxygen atoms in total. The number of H-pyrrole nitrogens is 1. The summed E-state index contributed by atoms with van der Waals surface area (Å²) in [7, 11) is 3.88. The number of halogens is 1. The van der Waals surface area contributed by atoms with Gasteiger partial charge in [0.25, 0.3) is 11.4 Å². The summed E-state index contributed by atoms with van der Waals surface area (Å²) in [6.07, 6.45) is 5.67. The molecule has 0 atom stereocenters. The van der Waals surface area contributed by atoms with Gasteiger partial charge in [-0.2, -0.15) is 0 Å². The first-order valence-electron chi connectivity index (χ1n) is 12.3. The van der Waals surface area contributed by atoms with Gasteiger partial charge in [0, 0.05) is 101 Å². The van der Waals surface area contributed by atoms with Crippen molar-refractivity contribution in [3.8, 4) is 0 Å². The molecule has 0 radical (unpaired) electrons. The summed E-state index contributed by atoms with van der Waals surface area (Å²) in [6, 6.07) is 21.4. The van der Waals surface area contributed by atoms with Crippen molar-refractivity contribution in [2.24, 2.45) is 14.1 Å². The Balaban J connectivity index is 0. The molecule has 0 amide bonds. The second kappa shape index (κ2) is 21.1. The molecule has 3 heterocycles. The Kier molecular flexibility index (Phi) is 20.3. The Morgan fingerprint density at radius 2 is 1.23 bits per heavy atom. The molecule has 242 valence electrons. The van der Waals surface area contributed by atoms with Gasteiger partial charge < -0.3 is 32.4 Å². The number of hydrogen-bond donors (Lipinski definition) is 3. The molecule has 0 unspecified atom stereocenters. The van der Waals surface area contributed by atoms with Gasteiger partial charge >= 0.3 is 0 Å². The number of aliphatic hydroxyl groups excluding tert-OH is 1. The Morgan fingerprint density at radius 1 is 0.795 bits per heavy atom. The molecule has 3 aromatic carbocycles. The molecule has 0 bridgehead atoms. The van der Waals surface area contributed by atoms with Crippen LogP contribution in [0.4, 0.5) is 17.1 Å². The van der Waals surface area contributed by atoms with Crippen molar-refractivity contribution in [3.05, 3.63) is 119 Å². The van der Waals surface area contributed by atoms with Gasteiger partial charge in [-0.3, -0.25) is 20.2 Å². The van der Waals surface area contributed by atoms with E-state index in [0.717, 1.165) is 27.5 Å². The molecule has 6 aromatic rings. The Hall–Kier alpha value is -3.70. The van der Waals surface area contributed by atoms with Gasteiger partial charge in [-0.05, 0) is 65.1 Å². The van der Waals surface area contributed by atoms with Crippen LogP contribution < -0.4 is 5.73 Å². The molecule has 0 aliphatic heterocycles. The summed E-state index contributed by atoms with van der Waals surface area (Å²) in [6.45, 7) is 1.93. The van der Waals surface area contributed by atoms with Crippen molar-refractivity contribution in [2.75, 3.05) is 17.3 Å². The van der Waals surface area contributed by atoms with Gasteiger partial charge in [0.1, 0.15) is 0 Å². The minimum absolute atomic E-state index is 0. The van der Waals surface area contributed by atoms with E-state index in [2.05, 4.69) is 38.2 Å². The predicted molar refractivity (Wildman–Crippen MR) is 192 cm³/mol. The van der Waals surface area contributed by atoms with Gasteiger partial charge in [0.05, 0.1) is 20.9 Å². The SMILES string of the molecule is CCO.CI.Cn1ccc2ccc(N)cc21.Cn1ccc2ccc([N+](=O)[O-])cc21.O=[N+]([O-])c1ccc2cc[nH]c2c1.[BH4-].[CH3-].[Pd]. The maximum absolute atomic E-state index is 10.5. The van der Waals surface area contributed by atoms with Crippen LogP contribution >= 0.6 is 22.6 Å². The van der Waals surface area contributed by atoms with E-state index in [0.29, 0.717) is 0 Å². The zero-order valence-corrected chi connectivity index (χ0v) is 28.2. The fourth-order valence-corrected chi connectivity index (χ4v) is 3.79. The van der Waals surface area contributed by atoms with E-state index in [4.69, 9.17) is 10.8 Å². The van der Waals surface area contributed by atoms with E-state index < -0.39 is 4.92 Å². The smallest absolute Gasteiger partial charge is 0.271 e. The summed E-state index contributed by atoms with van der Waals surface area (Å²) in [4.78, 5) is 24.9. The molecule has 3 aromatic heterocycles. The number of aryl methyl sites for hydroxylation is 2. The Labute approximate surface area is 286 Å². The number of aromatic nitrogens is 3. The first kappa shape index (κ1) is 42.4. The van der Waals surface area contributed by atoms with Crippen molar-refractivity contribution >= 4 is 80.8 Å². The van der Waals surface area contributed by atoms with Gasteiger partial charge in [-0.1, -0.05) is 37.1 Å². The van der Waals surface area contributed by atoms with E-state index >= 15 is 0 Å². The maximum atomic E-state index is 10.5. The number of hydrogen-bond acceptors (Lipinski definition) is 6. The number of nitrogen functional groups attached to an aromatic ring is 1. The van der Waals surface area contributed by atoms with E-state index in [9.17, 15) is 20.2 Å². The van der Waals surface area contributed by atoms with Crippen molar-refractivity contribution in [1.29, 1.82) is 0 Å². The number of anilines is 1. The number of nitro groups is 2. The topological polar surface area (TPSA) is 158 Å². The zero-order chi connectivity index (χ0) is 30.5. The molecule has 4 N–H and O–H groups in total. The van der Waals surface area contributed by atoms with Gasteiger partial charge in [-0.15, -0.1) is 0 Å². The van der Waals surface area contributed by atoms with Gasteiger partial charge in [-0.25, -0.2) is 0 Å². The van der Waals surface area contributed by atoms with Crippen LogP contribution in [-0.2, 0) is 34.5 Å². The van der Waals surface area contributed by atoms with Gasteiger partial charge in [0.15, 0.2) is 0 Å². The number of aromatic amines is 1. The normalized spacial score (nSPS) is 9.14. The molecule has 0 aliphatic carbocycles. The van der Waals surface area contributed by atoms with Crippen molar-refractivity contribution in [1.82, 2.24) is 14.1 Å². The van der Waals surface area contributed by atoms with Crippen LogP contribution in [0.15, 0.2) is 91.4 Å². The molecule has 14 heteroatoms. The third-order valence-electron chi connectivity index (χ3n) is 5.74. The molecule has 6 rings (SSSR count). The van der Waals surface area contributed by atoms with Crippen LogP contribution in [0.1, 0.15) is 6.92 Å². The Bertz CT molecular complexity index is 1740. The number of benzene rings is 3. The average molecular weight is 809 g/mol.